The van der Waals surface area contributed by atoms with Gasteiger partial charge in [0.25, 0.3) is 0 Å². The fourth-order valence-corrected chi connectivity index (χ4v) is 1.39. The van der Waals surface area contributed by atoms with E-state index in [4.69, 9.17) is 5.26 Å². The minimum atomic E-state index is -0.114. The summed E-state index contributed by atoms with van der Waals surface area (Å²) in [7, 11) is 0. The molecule has 0 aromatic heterocycles. The predicted molar refractivity (Wildman–Crippen MR) is 66.6 cm³/mol. The van der Waals surface area contributed by atoms with Crippen molar-refractivity contribution in [3.8, 4) is 6.07 Å². The van der Waals surface area contributed by atoms with E-state index in [1.54, 1.807) is 24.3 Å². The molecule has 2 N–H and O–H groups in total. The van der Waals surface area contributed by atoms with Gasteiger partial charge in [0.05, 0.1) is 18.1 Å². The monoisotopic (exact) mass is 245 g/mol. The van der Waals surface area contributed by atoms with Crippen LogP contribution < -0.4 is 10.6 Å². The first-order valence-corrected chi connectivity index (χ1v) is 5.62. The van der Waals surface area contributed by atoms with Gasteiger partial charge in [0.2, 0.25) is 11.8 Å². The molecule has 0 saturated heterocycles. The van der Waals surface area contributed by atoms with Gasteiger partial charge in [-0.05, 0) is 17.7 Å². The largest absolute Gasteiger partial charge is 0.355 e. The molecule has 0 unspecified atom stereocenters. The first kappa shape index (κ1) is 13.7. The van der Waals surface area contributed by atoms with E-state index < -0.39 is 0 Å². The van der Waals surface area contributed by atoms with Gasteiger partial charge in [0.1, 0.15) is 0 Å². The highest BCUT2D eigenvalue weighted by atomic mass is 16.2. The van der Waals surface area contributed by atoms with Crippen molar-refractivity contribution in [3.05, 3.63) is 35.4 Å². The summed E-state index contributed by atoms with van der Waals surface area (Å²) in [5.41, 5.74) is 1.43. The first-order chi connectivity index (χ1) is 8.61. The van der Waals surface area contributed by atoms with Gasteiger partial charge in [-0.15, -0.1) is 0 Å². The molecule has 5 heteroatoms. The van der Waals surface area contributed by atoms with Crippen LogP contribution in [0.1, 0.15) is 18.1 Å². The lowest BCUT2D eigenvalue weighted by atomic mass is 10.1. The Bertz CT molecular complexity index is 460. The van der Waals surface area contributed by atoms with Crippen LogP contribution in [0.5, 0.6) is 0 Å². The summed E-state index contributed by atoms with van der Waals surface area (Å²) >= 11 is 0. The molecule has 18 heavy (non-hydrogen) atoms. The molecule has 0 atom stereocenters. The summed E-state index contributed by atoms with van der Waals surface area (Å²) in [5, 5.41) is 13.9. The highest BCUT2D eigenvalue weighted by Crippen LogP contribution is 2.03. The molecule has 1 aromatic carbocycles. The molecule has 0 radical (unpaired) electrons. The highest BCUT2D eigenvalue weighted by molar-refractivity contribution is 5.78. The number of nitrogens with one attached hydrogen (secondary N) is 2. The molecule has 0 saturated carbocycles. The van der Waals surface area contributed by atoms with Gasteiger partial charge in [-0.1, -0.05) is 12.1 Å². The molecule has 5 nitrogen and oxygen atoms in total. The number of nitriles is 1. The van der Waals surface area contributed by atoms with Crippen LogP contribution in [-0.4, -0.2) is 24.9 Å². The quantitative estimate of drug-likeness (QED) is 0.734. The van der Waals surface area contributed by atoms with E-state index in [2.05, 4.69) is 10.6 Å². The maximum Gasteiger partial charge on any atom is 0.224 e. The number of nitrogens with zero attached hydrogens (tertiary/aromatic N) is 1. The fraction of sp³-hybridized carbons (Fsp3) is 0.308. The van der Waals surface area contributed by atoms with Crippen LogP contribution in [0.3, 0.4) is 0 Å². The van der Waals surface area contributed by atoms with Gasteiger partial charge in [0, 0.05) is 20.0 Å². The Kier molecular flexibility index (Phi) is 5.39. The van der Waals surface area contributed by atoms with Crippen molar-refractivity contribution in [3.63, 3.8) is 0 Å². The van der Waals surface area contributed by atoms with Gasteiger partial charge in [-0.3, -0.25) is 9.59 Å². The van der Waals surface area contributed by atoms with E-state index in [1.807, 2.05) is 6.07 Å². The molecule has 1 rings (SSSR count). The van der Waals surface area contributed by atoms with Crippen molar-refractivity contribution in [2.75, 3.05) is 13.1 Å². The van der Waals surface area contributed by atoms with Gasteiger partial charge in [-0.2, -0.15) is 5.26 Å². The number of hydrogen-bond acceptors (Lipinski definition) is 3. The van der Waals surface area contributed by atoms with E-state index in [-0.39, 0.29) is 18.2 Å². The number of rotatable bonds is 5. The lowest BCUT2D eigenvalue weighted by Gasteiger charge is -2.05. The average Bonchev–Trinajstić information content (AvgIpc) is 2.35. The normalized spacial score (nSPS) is 9.33. The number of carbonyl (C=O) groups excluding carboxylic acids is 2. The van der Waals surface area contributed by atoms with Crippen molar-refractivity contribution >= 4 is 11.8 Å². The van der Waals surface area contributed by atoms with Crippen LogP contribution in [0, 0.1) is 11.3 Å². The molecule has 0 aliphatic heterocycles. The lowest BCUT2D eigenvalue weighted by molar-refractivity contribution is -0.121. The topological polar surface area (TPSA) is 82.0 Å². The zero-order valence-electron chi connectivity index (χ0n) is 10.2. The summed E-state index contributed by atoms with van der Waals surface area (Å²) in [4.78, 5) is 22.1. The zero-order chi connectivity index (χ0) is 13.4. The third-order valence-electron chi connectivity index (χ3n) is 2.27. The van der Waals surface area contributed by atoms with Crippen LogP contribution in [0.15, 0.2) is 24.3 Å². The smallest absolute Gasteiger partial charge is 0.224 e. The zero-order valence-corrected chi connectivity index (χ0v) is 10.2. The van der Waals surface area contributed by atoms with Crippen molar-refractivity contribution in [1.82, 2.24) is 10.6 Å². The van der Waals surface area contributed by atoms with Crippen molar-refractivity contribution in [2.45, 2.75) is 13.3 Å². The molecular formula is C13H15N3O2. The fourth-order valence-electron chi connectivity index (χ4n) is 1.39. The molecule has 94 valence electrons. The van der Waals surface area contributed by atoms with Gasteiger partial charge >= 0.3 is 0 Å². The number of hydrogen-bond donors (Lipinski definition) is 2. The van der Waals surface area contributed by atoms with E-state index >= 15 is 0 Å². The Hall–Kier alpha value is -2.35. The maximum atomic E-state index is 11.5. The molecule has 0 fully saturated rings. The van der Waals surface area contributed by atoms with E-state index in [0.29, 0.717) is 18.7 Å². The molecule has 0 bridgehead atoms. The summed E-state index contributed by atoms with van der Waals surface area (Å²) in [6, 6.07) is 8.89. The van der Waals surface area contributed by atoms with Gasteiger partial charge in [-0.25, -0.2) is 0 Å². The van der Waals surface area contributed by atoms with E-state index in [1.165, 1.54) is 6.92 Å². The molecule has 0 spiro atoms. The SMILES string of the molecule is CC(=O)NCCNC(=O)Cc1ccc(C#N)cc1. The van der Waals surface area contributed by atoms with Crippen LogP contribution in [0.2, 0.25) is 0 Å². The Morgan fingerprint density at radius 3 is 2.33 bits per heavy atom. The Labute approximate surface area is 106 Å². The number of benzene rings is 1. The Morgan fingerprint density at radius 2 is 1.78 bits per heavy atom. The summed E-state index contributed by atoms with van der Waals surface area (Å²) < 4.78 is 0. The summed E-state index contributed by atoms with van der Waals surface area (Å²) in [6.45, 7) is 2.27. The van der Waals surface area contributed by atoms with Crippen molar-refractivity contribution in [1.29, 1.82) is 5.26 Å². The molecule has 0 aliphatic rings. The molecule has 0 heterocycles. The minimum Gasteiger partial charge on any atom is -0.355 e. The molecular weight excluding hydrogens is 230 g/mol. The molecule has 1 aromatic rings. The van der Waals surface area contributed by atoms with Crippen molar-refractivity contribution in [2.24, 2.45) is 0 Å². The third-order valence-corrected chi connectivity index (χ3v) is 2.27. The van der Waals surface area contributed by atoms with Crippen LogP contribution >= 0.6 is 0 Å². The van der Waals surface area contributed by atoms with Crippen LogP contribution in [0.4, 0.5) is 0 Å². The summed E-state index contributed by atoms with van der Waals surface area (Å²) in [6.07, 6.45) is 0.270. The highest BCUT2D eigenvalue weighted by Gasteiger charge is 2.02. The standard InChI is InChI=1S/C13H15N3O2/c1-10(17)15-6-7-16-13(18)8-11-2-4-12(9-14)5-3-11/h2-5H,6-8H2,1H3,(H,15,17)(H,16,18). The Balaban J connectivity index is 2.31. The second-order valence-corrected chi connectivity index (χ2v) is 3.82. The first-order valence-electron chi connectivity index (χ1n) is 5.62. The van der Waals surface area contributed by atoms with E-state index in [9.17, 15) is 9.59 Å². The minimum absolute atomic E-state index is 0.106. The lowest BCUT2D eigenvalue weighted by Crippen LogP contribution is -2.34. The summed E-state index contributed by atoms with van der Waals surface area (Å²) in [5.74, 6) is -0.221. The third kappa shape index (κ3) is 5.12. The number of amides is 2. The van der Waals surface area contributed by atoms with Crippen LogP contribution in [-0.2, 0) is 16.0 Å². The van der Waals surface area contributed by atoms with Crippen molar-refractivity contribution < 1.29 is 9.59 Å². The number of carbonyl (C=O) groups is 2. The Morgan fingerprint density at radius 1 is 1.17 bits per heavy atom. The van der Waals surface area contributed by atoms with Crippen LogP contribution in [0.25, 0.3) is 0 Å². The van der Waals surface area contributed by atoms with Gasteiger partial charge in [0.15, 0.2) is 0 Å². The van der Waals surface area contributed by atoms with Gasteiger partial charge < -0.3 is 10.6 Å². The maximum absolute atomic E-state index is 11.5. The predicted octanol–water partition coefficient (Wildman–Crippen LogP) is 0.353. The second kappa shape index (κ2) is 7.07. The molecule has 2 amide bonds. The van der Waals surface area contributed by atoms with E-state index in [0.717, 1.165) is 5.56 Å². The second-order valence-electron chi connectivity index (χ2n) is 3.82. The molecule has 0 aliphatic carbocycles. The average molecular weight is 245 g/mol.